The fourth-order valence-corrected chi connectivity index (χ4v) is 4.90. The highest BCUT2D eigenvalue weighted by molar-refractivity contribution is 7.89. The molecule has 21 heavy (non-hydrogen) atoms. The van der Waals surface area contributed by atoms with Crippen molar-refractivity contribution in [2.45, 2.75) is 64.5 Å². The molecule has 0 radical (unpaired) electrons. The molecule has 0 bridgehead atoms. The maximum atomic E-state index is 12.6. The van der Waals surface area contributed by atoms with Gasteiger partial charge in [0.15, 0.2) is 0 Å². The molecule has 1 saturated carbocycles. The van der Waals surface area contributed by atoms with Gasteiger partial charge in [0.25, 0.3) is 0 Å². The van der Waals surface area contributed by atoms with Gasteiger partial charge >= 0.3 is 0 Å². The summed E-state index contributed by atoms with van der Waals surface area (Å²) in [6.07, 6.45) is 2.74. The third kappa shape index (κ3) is 3.33. The minimum absolute atomic E-state index is 0.0395. The van der Waals surface area contributed by atoms with Gasteiger partial charge in [-0.2, -0.15) is 0 Å². The number of aliphatic hydroxyl groups is 1. The number of aliphatic hydroxyl groups excluding tert-OH is 1. The highest BCUT2D eigenvalue weighted by atomic mass is 32.2. The average Bonchev–Trinajstić information content (AvgIpc) is 2.68. The lowest BCUT2D eigenvalue weighted by molar-refractivity contribution is 0.241. The summed E-state index contributed by atoms with van der Waals surface area (Å²) < 4.78 is 33.4. The van der Waals surface area contributed by atoms with E-state index in [9.17, 15) is 13.5 Å². The van der Waals surface area contributed by atoms with Crippen LogP contribution in [0, 0.1) is 25.7 Å². The van der Waals surface area contributed by atoms with Gasteiger partial charge in [-0.05, 0) is 44.9 Å². The molecule has 0 spiro atoms. The molecule has 0 saturated heterocycles. The van der Waals surface area contributed by atoms with E-state index in [2.05, 4.69) is 18.6 Å². The van der Waals surface area contributed by atoms with Crippen molar-refractivity contribution < 1.29 is 17.9 Å². The Morgan fingerprint density at radius 2 is 1.86 bits per heavy atom. The molecular formula is C15H25NO4S. The van der Waals surface area contributed by atoms with Crippen LogP contribution in [0.2, 0.25) is 0 Å². The Balaban J connectivity index is 2.23. The first kappa shape index (κ1) is 16.5. The van der Waals surface area contributed by atoms with E-state index in [4.69, 9.17) is 4.42 Å². The van der Waals surface area contributed by atoms with Crippen LogP contribution in [0.15, 0.2) is 9.31 Å². The Kier molecular flexibility index (Phi) is 4.80. The zero-order valence-electron chi connectivity index (χ0n) is 13.1. The third-order valence-corrected chi connectivity index (χ3v) is 6.39. The fourth-order valence-electron chi connectivity index (χ4n) is 3.18. The van der Waals surface area contributed by atoms with Crippen molar-refractivity contribution in [2.24, 2.45) is 11.8 Å². The smallest absolute Gasteiger partial charge is 0.244 e. The Morgan fingerprint density at radius 3 is 2.43 bits per heavy atom. The molecule has 1 aliphatic carbocycles. The Labute approximate surface area is 126 Å². The van der Waals surface area contributed by atoms with Crippen molar-refractivity contribution in [1.29, 1.82) is 0 Å². The van der Waals surface area contributed by atoms with E-state index in [1.54, 1.807) is 13.8 Å². The van der Waals surface area contributed by atoms with Gasteiger partial charge in [0.2, 0.25) is 10.0 Å². The number of rotatable bonds is 4. The van der Waals surface area contributed by atoms with E-state index >= 15 is 0 Å². The Hall–Kier alpha value is -0.850. The number of nitrogens with one attached hydrogen (secondary N) is 1. The molecule has 1 aromatic heterocycles. The van der Waals surface area contributed by atoms with Crippen LogP contribution in [-0.4, -0.2) is 19.6 Å². The van der Waals surface area contributed by atoms with Gasteiger partial charge in [-0.1, -0.05) is 13.8 Å². The molecule has 5 nitrogen and oxygen atoms in total. The second-order valence-electron chi connectivity index (χ2n) is 6.27. The summed E-state index contributed by atoms with van der Waals surface area (Å²) in [4.78, 5) is 0.105. The third-order valence-electron chi connectivity index (χ3n) is 4.67. The first-order chi connectivity index (χ1) is 9.76. The predicted octanol–water partition coefficient (Wildman–Crippen LogP) is 2.49. The molecule has 1 aromatic rings. The maximum Gasteiger partial charge on any atom is 0.244 e. The molecular weight excluding hydrogens is 290 g/mol. The van der Waals surface area contributed by atoms with E-state index in [-0.39, 0.29) is 17.5 Å². The second kappa shape index (κ2) is 6.10. The van der Waals surface area contributed by atoms with E-state index in [0.29, 0.717) is 28.9 Å². The molecule has 1 aliphatic rings. The van der Waals surface area contributed by atoms with Crippen LogP contribution in [0.4, 0.5) is 0 Å². The maximum absolute atomic E-state index is 12.6. The quantitative estimate of drug-likeness (QED) is 0.894. The molecule has 3 unspecified atom stereocenters. The predicted molar refractivity (Wildman–Crippen MR) is 80.4 cm³/mol. The second-order valence-corrected chi connectivity index (χ2v) is 7.92. The standard InChI is InChI=1S/C15H25NO4S/c1-9-5-6-13(7-10(9)2)16-21(18,19)15-12(4)20-11(3)14(15)8-17/h9-10,13,16-17H,5-8H2,1-4H3. The Morgan fingerprint density at radius 1 is 1.19 bits per heavy atom. The van der Waals surface area contributed by atoms with Crippen LogP contribution in [0.1, 0.15) is 50.2 Å². The van der Waals surface area contributed by atoms with Gasteiger partial charge in [-0.25, -0.2) is 13.1 Å². The first-order valence-electron chi connectivity index (χ1n) is 7.48. The minimum atomic E-state index is -3.66. The van der Waals surface area contributed by atoms with Crippen molar-refractivity contribution >= 4 is 10.0 Å². The van der Waals surface area contributed by atoms with E-state index in [1.165, 1.54) is 0 Å². The van der Waals surface area contributed by atoms with Crippen LogP contribution in [0.25, 0.3) is 0 Å². The summed E-state index contributed by atoms with van der Waals surface area (Å²) in [5.41, 5.74) is 0.359. The number of furan rings is 1. The molecule has 120 valence electrons. The Bertz CT molecular complexity index is 605. The molecule has 0 amide bonds. The minimum Gasteiger partial charge on any atom is -0.465 e. The van der Waals surface area contributed by atoms with Crippen LogP contribution in [-0.2, 0) is 16.6 Å². The van der Waals surface area contributed by atoms with Gasteiger partial charge in [-0.3, -0.25) is 0 Å². The van der Waals surface area contributed by atoms with Gasteiger partial charge in [0, 0.05) is 11.6 Å². The molecule has 2 rings (SSSR count). The topological polar surface area (TPSA) is 79.5 Å². The highest BCUT2D eigenvalue weighted by Crippen LogP contribution is 2.32. The number of hydrogen-bond acceptors (Lipinski definition) is 4. The van der Waals surface area contributed by atoms with Gasteiger partial charge in [0.1, 0.15) is 16.4 Å². The highest BCUT2D eigenvalue weighted by Gasteiger charge is 2.32. The van der Waals surface area contributed by atoms with E-state index in [1.807, 2.05) is 0 Å². The molecule has 1 heterocycles. The lowest BCUT2D eigenvalue weighted by Crippen LogP contribution is -2.40. The SMILES string of the molecule is Cc1oc(C)c(S(=O)(=O)NC2CCC(C)C(C)C2)c1CO. The molecule has 2 N–H and O–H groups in total. The molecule has 6 heteroatoms. The van der Waals surface area contributed by atoms with Gasteiger partial charge < -0.3 is 9.52 Å². The normalized spacial score (nSPS) is 27.0. The number of hydrogen-bond donors (Lipinski definition) is 2. The molecule has 0 aromatic carbocycles. The fraction of sp³-hybridized carbons (Fsp3) is 0.733. The molecule has 1 fully saturated rings. The van der Waals surface area contributed by atoms with Crippen LogP contribution in [0.3, 0.4) is 0 Å². The monoisotopic (exact) mass is 315 g/mol. The van der Waals surface area contributed by atoms with Crippen LogP contribution >= 0.6 is 0 Å². The van der Waals surface area contributed by atoms with Crippen molar-refractivity contribution in [3.63, 3.8) is 0 Å². The first-order valence-corrected chi connectivity index (χ1v) is 8.96. The summed E-state index contributed by atoms with van der Waals surface area (Å²) in [5.74, 6) is 1.94. The average molecular weight is 315 g/mol. The summed E-state index contributed by atoms with van der Waals surface area (Å²) in [6, 6.07) is -0.0395. The lowest BCUT2D eigenvalue weighted by Gasteiger charge is -2.32. The number of aryl methyl sites for hydroxylation is 2. The van der Waals surface area contributed by atoms with Gasteiger partial charge in [0.05, 0.1) is 6.61 Å². The summed E-state index contributed by atoms with van der Waals surface area (Å²) in [6.45, 7) is 7.33. The molecule has 3 atom stereocenters. The zero-order valence-corrected chi connectivity index (χ0v) is 14.0. The summed E-state index contributed by atoms with van der Waals surface area (Å²) in [7, 11) is -3.66. The van der Waals surface area contributed by atoms with Crippen molar-refractivity contribution in [3.8, 4) is 0 Å². The van der Waals surface area contributed by atoms with Gasteiger partial charge in [-0.15, -0.1) is 0 Å². The summed E-state index contributed by atoms with van der Waals surface area (Å²) >= 11 is 0. The van der Waals surface area contributed by atoms with Crippen LogP contribution in [0.5, 0.6) is 0 Å². The number of sulfonamides is 1. The van der Waals surface area contributed by atoms with Crippen LogP contribution < -0.4 is 4.72 Å². The zero-order chi connectivity index (χ0) is 15.8. The lowest BCUT2D eigenvalue weighted by atomic mass is 9.79. The van der Waals surface area contributed by atoms with Crippen molar-refractivity contribution in [2.75, 3.05) is 0 Å². The van der Waals surface area contributed by atoms with E-state index in [0.717, 1.165) is 19.3 Å². The van der Waals surface area contributed by atoms with Crippen molar-refractivity contribution in [1.82, 2.24) is 4.72 Å². The van der Waals surface area contributed by atoms with E-state index < -0.39 is 10.0 Å². The molecule has 0 aliphatic heterocycles. The summed E-state index contributed by atoms with van der Waals surface area (Å²) in [5, 5.41) is 9.41. The largest absolute Gasteiger partial charge is 0.465 e. The van der Waals surface area contributed by atoms with Crippen molar-refractivity contribution in [3.05, 3.63) is 17.1 Å².